The minimum atomic E-state index is -1.07. The van der Waals surface area contributed by atoms with Gasteiger partial charge in [-0.15, -0.1) is 0 Å². The Hall–Kier alpha value is -3.82. The lowest BCUT2D eigenvalue weighted by molar-refractivity contribution is 0.0885. The fourth-order valence-electron chi connectivity index (χ4n) is 5.25. The number of aryl methyl sites for hydroxylation is 3. The summed E-state index contributed by atoms with van der Waals surface area (Å²) in [6, 6.07) is 10.8. The Morgan fingerprint density at radius 3 is 2.49 bits per heavy atom. The van der Waals surface area contributed by atoms with Crippen molar-refractivity contribution in [3.05, 3.63) is 110 Å². The smallest absolute Gasteiger partial charge is 0.255 e. The van der Waals surface area contributed by atoms with E-state index in [1.165, 1.54) is 17.1 Å². The maximum atomic E-state index is 14.5. The molecule has 198 valence electrons. The molecule has 11 heteroatoms. The Morgan fingerprint density at radius 2 is 1.79 bits per heavy atom. The minimum absolute atomic E-state index is 0.0714. The average Bonchev–Trinajstić information content (AvgIpc) is 3.47. The molecular weight excluding hydrogens is 545 g/mol. The van der Waals surface area contributed by atoms with Gasteiger partial charge in [-0.3, -0.25) is 4.79 Å². The second-order valence-corrected chi connectivity index (χ2v) is 10.6. The van der Waals surface area contributed by atoms with Crippen LogP contribution in [0.15, 0.2) is 55.0 Å². The van der Waals surface area contributed by atoms with Gasteiger partial charge in [-0.25, -0.2) is 23.0 Å². The van der Waals surface area contributed by atoms with E-state index in [1.54, 1.807) is 19.1 Å². The van der Waals surface area contributed by atoms with E-state index in [4.69, 9.17) is 28.3 Å². The Balaban J connectivity index is 1.42. The van der Waals surface area contributed by atoms with Crippen LogP contribution in [0.25, 0.3) is 11.2 Å². The Labute approximate surface area is 232 Å². The molecule has 1 atom stereocenters. The molecule has 7 nitrogen and oxygen atoms in total. The number of hydrogen-bond acceptors (Lipinski definition) is 4. The quantitative estimate of drug-likeness (QED) is 0.292. The zero-order valence-corrected chi connectivity index (χ0v) is 22.5. The van der Waals surface area contributed by atoms with E-state index in [0.29, 0.717) is 36.3 Å². The third-order valence-electron chi connectivity index (χ3n) is 7.18. The summed E-state index contributed by atoms with van der Waals surface area (Å²) in [4.78, 5) is 17.9. The molecule has 0 saturated heterocycles. The molecule has 0 spiro atoms. The predicted octanol–water partition coefficient (Wildman–Crippen LogP) is 5.93. The van der Waals surface area contributed by atoms with Crippen molar-refractivity contribution in [2.45, 2.75) is 38.6 Å². The highest BCUT2D eigenvalue weighted by Gasteiger charge is 2.41. The number of aromatic nitrogens is 5. The summed E-state index contributed by atoms with van der Waals surface area (Å²) >= 11 is 13.1. The molecule has 6 rings (SSSR count). The summed E-state index contributed by atoms with van der Waals surface area (Å²) in [5.74, 6) is -1.93. The second kappa shape index (κ2) is 9.43. The zero-order chi connectivity index (χ0) is 27.5. The molecule has 1 aliphatic carbocycles. The van der Waals surface area contributed by atoms with E-state index in [0.717, 1.165) is 34.5 Å². The number of nitrogens with zero attached hydrogens (tertiary/aromatic N) is 5. The Morgan fingerprint density at radius 1 is 1.03 bits per heavy atom. The maximum Gasteiger partial charge on any atom is 0.255 e. The number of hydrogen-bond donors (Lipinski definition) is 1. The van der Waals surface area contributed by atoms with Crippen LogP contribution in [-0.4, -0.2) is 30.3 Å². The monoisotopic (exact) mass is 566 g/mol. The van der Waals surface area contributed by atoms with Gasteiger partial charge in [0.2, 0.25) is 0 Å². The lowest BCUT2D eigenvalue weighted by Gasteiger charge is -2.38. The third kappa shape index (κ3) is 4.45. The van der Waals surface area contributed by atoms with Gasteiger partial charge < -0.3 is 5.32 Å². The summed E-state index contributed by atoms with van der Waals surface area (Å²) < 4.78 is 31.7. The molecule has 3 aromatic heterocycles. The largest absolute Gasteiger partial charge is 0.342 e. The molecule has 39 heavy (non-hydrogen) atoms. The lowest BCUT2D eigenvalue weighted by Crippen LogP contribution is -2.49. The summed E-state index contributed by atoms with van der Waals surface area (Å²) in [6.07, 6.45) is 4.69. The molecule has 0 unspecified atom stereocenters. The van der Waals surface area contributed by atoms with Gasteiger partial charge in [0, 0.05) is 18.2 Å². The van der Waals surface area contributed by atoms with E-state index in [2.05, 4.69) is 15.4 Å². The van der Waals surface area contributed by atoms with Crippen LogP contribution in [0.3, 0.4) is 0 Å². The number of amides is 1. The van der Waals surface area contributed by atoms with Crippen molar-refractivity contribution in [3.8, 4) is 5.69 Å². The van der Waals surface area contributed by atoms with Gasteiger partial charge in [0.15, 0.2) is 11.6 Å². The Bertz CT molecular complexity index is 1760. The topological polar surface area (TPSA) is 77.1 Å². The number of pyridine rings is 1. The highest BCUT2D eigenvalue weighted by atomic mass is 35.5. The number of fused-ring (bicyclic) bond motifs is 3. The van der Waals surface area contributed by atoms with Gasteiger partial charge in [0.1, 0.15) is 12.2 Å². The van der Waals surface area contributed by atoms with Crippen molar-refractivity contribution in [3.63, 3.8) is 0 Å². The third-order valence-corrected chi connectivity index (χ3v) is 7.78. The van der Waals surface area contributed by atoms with Crippen LogP contribution in [0.1, 0.15) is 45.0 Å². The van der Waals surface area contributed by atoms with Crippen LogP contribution in [0, 0.1) is 25.5 Å². The standard InChI is InChI=1S/C28H22Cl2F2N6O/c1-15-3-6-25-19-12-28(8-7-24(19)36-37(25)13-15,17-4-5-22(31)23(32)9-17)34-27(39)26-20(29)10-18(11-21(26)30)38-14-33-16(2)35-38/h3-6,9-11,13-14H,7-8,12H2,1-2H3,(H,34,39)/t28-/m1/s1. The molecule has 1 aliphatic rings. The van der Waals surface area contributed by atoms with Crippen LogP contribution in [-0.2, 0) is 18.4 Å². The highest BCUT2D eigenvalue weighted by molar-refractivity contribution is 6.40. The molecule has 1 amide bonds. The SMILES string of the molecule is Cc1ccc2c3c(nn2c1)CC[C@](NC(=O)c1c(Cl)cc(-n2cnc(C)n2)cc1Cl)(c1ccc(F)c(F)c1)C3. The van der Waals surface area contributed by atoms with Crippen molar-refractivity contribution in [1.82, 2.24) is 29.7 Å². The van der Waals surface area contributed by atoms with E-state index in [9.17, 15) is 13.6 Å². The molecule has 0 saturated carbocycles. The zero-order valence-electron chi connectivity index (χ0n) is 21.0. The average molecular weight is 567 g/mol. The first-order valence-corrected chi connectivity index (χ1v) is 13.0. The van der Waals surface area contributed by atoms with Gasteiger partial charge in [0.05, 0.1) is 38.0 Å². The van der Waals surface area contributed by atoms with Crippen LogP contribution in [0.4, 0.5) is 8.78 Å². The van der Waals surface area contributed by atoms with E-state index in [1.807, 2.05) is 29.8 Å². The number of carbonyl (C=O) groups excluding carboxylic acids is 1. The van der Waals surface area contributed by atoms with E-state index in [-0.39, 0.29) is 15.6 Å². The van der Waals surface area contributed by atoms with Crippen molar-refractivity contribution in [1.29, 1.82) is 0 Å². The van der Waals surface area contributed by atoms with Crippen LogP contribution < -0.4 is 5.32 Å². The summed E-state index contributed by atoms with van der Waals surface area (Å²) in [6.45, 7) is 3.73. The number of carbonyl (C=O) groups is 1. The molecule has 0 radical (unpaired) electrons. The van der Waals surface area contributed by atoms with Crippen molar-refractivity contribution >= 4 is 34.6 Å². The van der Waals surface area contributed by atoms with Gasteiger partial charge in [-0.1, -0.05) is 35.3 Å². The molecule has 2 aromatic carbocycles. The molecule has 0 bridgehead atoms. The van der Waals surface area contributed by atoms with Gasteiger partial charge in [-0.2, -0.15) is 10.2 Å². The van der Waals surface area contributed by atoms with Crippen molar-refractivity contribution < 1.29 is 13.6 Å². The fraction of sp³-hybridized carbons (Fsp3) is 0.214. The number of rotatable bonds is 4. The normalized spacial score (nSPS) is 16.9. The molecule has 3 heterocycles. The lowest BCUT2D eigenvalue weighted by atomic mass is 9.75. The van der Waals surface area contributed by atoms with Gasteiger partial charge in [0.25, 0.3) is 5.91 Å². The molecule has 5 aromatic rings. The summed E-state index contributed by atoms with van der Waals surface area (Å²) in [7, 11) is 0. The Kier molecular flexibility index (Phi) is 6.15. The van der Waals surface area contributed by atoms with E-state index >= 15 is 0 Å². The van der Waals surface area contributed by atoms with Gasteiger partial charge >= 0.3 is 0 Å². The predicted molar refractivity (Wildman–Crippen MR) is 144 cm³/mol. The highest BCUT2D eigenvalue weighted by Crippen LogP contribution is 2.40. The van der Waals surface area contributed by atoms with Crippen molar-refractivity contribution in [2.75, 3.05) is 0 Å². The van der Waals surface area contributed by atoms with Gasteiger partial charge in [-0.05, 0) is 68.1 Å². The van der Waals surface area contributed by atoms with Crippen LogP contribution >= 0.6 is 23.2 Å². The minimum Gasteiger partial charge on any atom is -0.342 e. The second-order valence-electron chi connectivity index (χ2n) is 9.82. The first kappa shape index (κ1) is 25.5. The van der Waals surface area contributed by atoms with Crippen LogP contribution in [0.5, 0.6) is 0 Å². The molecule has 0 fully saturated rings. The molecular formula is C28H22Cl2F2N6O. The molecule has 1 N–H and O–H groups in total. The van der Waals surface area contributed by atoms with Crippen molar-refractivity contribution in [2.24, 2.45) is 0 Å². The maximum absolute atomic E-state index is 14.5. The molecule has 0 aliphatic heterocycles. The number of benzene rings is 2. The summed E-state index contributed by atoms with van der Waals surface area (Å²) in [5.41, 5.74) is 3.76. The van der Waals surface area contributed by atoms with E-state index < -0.39 is 23.1 Å². The number of halogens is 4. The summed E-state index contributed by atoms with van der Waals surface area (Å²) in [5, 5.41) is 12.3. The first-order chi connectivity index (χ1) is 18.6. The first-order valence-electron chi connectivity index (χ1n) is 12.3. The fourth-order valence-corrected chi connectivity index (χ4v) is 5.89. The number of nitrogens with one attached hydrogen (secondary N) is 1. The van der Waals surface area contributed by atoms with Crippen LogP contribution in [0.2, 0.25) is 10.0 Å².